The Labute approximate surface area is 168 Å². The van der Waals surface area contributed by atoms with Crippen LogP contribution in [0.5, 0.6) is 11.5 Å². The Morgan fingerprint density at radius 3 is 2.72 bits per heavy atom. The first kappa shape index (κ1) is 18.6. The third-order valence-electron chi connectivity index (χ3n) is 4.17. The van der Waals surface area contributed by atoms with E-state index in [9.17, 15) is 10.1 Å². The molecule has 29 heavy (non-hydrogen) atoms. The lowest BCUT2D eigenvalue weighted by Gasteiger charge is -2.11. The summed E-state index contributed by atoms with van der Waals surface area (Å²) in [6.45, 7) is 0.425. The zero-order chi connectivity index (χ0) is 20.4. The van der Waals surface area contributed by atoms with E-state index >= 15 is 0 Å². The van der Waals surface area contributed by atoms with Gasteiger partial charge in [-0.25, -0.2) is 4.68 Å². The number of aromatic nitrogens is 4. The van der Waals surface area contributed by atoms with Gasteiger partial charge >= 0.3 is 5.00 Å². The van der Waals surface area contributed by atoms with Gasteiger partial charge in [-0.05, 0) is 35.1 Å². The quantitative estimate of drug-likeness (QED) is 0.362. The first-order valence-corrected chi connectivity index (χ1v) is 9.31. The van der Waals surface area contributed by atoms with E-state index in [1.165, 1.54) is 10.7 Å². The van der Waals surface area contributed by atoms with Crippen molar-refractivity contribution < 1.29 is 14.4 Å². The monoisotopic (exact) mass is 412 g/mol. The summed E-state index contributed by atoms with van der Waals surface area (Å²) in [5.41, 5.74) is 0.930. The van der Waals surface area contributed by atoms with Crippen LogP contribution in [0.2, 0.25) is 0 Å². The van der Waals surface area contributed by atoms with Crippen molar-refractivity contribution in [3.8, 4) is 17.4 Å². The molecule has 0 unspecified atom stereocenters. The van der Waals surface area contributed by atoms with Crippen LogP contribution in [0.4, 0.5) is 10.8 Å². The molecule has 0 aliphatic rings. The number of benzene rings is 1. The highest BCUT2D eigenvalue weighted by molar-refractivity contribution is 7.21. The van der Waals surface area contributed by atoms with Crippen LogP contribution in [0.3, 0.4) is 0 Å². The molecule has 4 rings (SSSR count). The van der Waals surface area contributed by atoms with Crippen LogP contribution in [-0.4, -0.2) is 38.9 Å². The van der Waals surface area contributed by atoms with Gasteiger partial charge in [-0.3, -0.25) is 10.1 Å². The van der Waals surface area contributed by atoms with Crippen molar-refractivity contribution in [3.05, 3.63) is 58.4 Å². The maximum Gasteiger partial charge on any atom is 0.326 e. The van der Waals surface area contributed by atoms with Crippen LogP contribution in [-0.2, 0) is 6.54 Å². The van der Waals surface area contributed by atoms with Crippen LogP contribution in [0.1, 0.15) is 5.56 Å². The van der Waals surface area contributed by atoms with E-state index in [1.807, 2.05) is 18.2 Å². The summed E-state index contributed by atoms with van der Waals surface area (Å²) < 4.78 is 12.1. The van der Waals surface area contributed by atoms with Crippen LogP contribution < -0.4 is 14.8 Å². The van der Waals surface area contributed by atoms with E-state index in [-0.39, 0.29) is 5.00 Å². The SMILES string of the molecule is COc1ccc(CNc2nc(-n3cccn3)nc3sc([N+](=O)[O-])cc23)cc1OC. The van der Waals surface area contributed by atoms with E-state index in [1.54, 1.807) is 32.7 Å². The second-order valence-corrected chi connectivity index (χ2v) is 6.94. The van der Waals surface area contributed by atoms with Crippen LogP contribution in [0.25, 0.3) is 16.2 Å². The third-order valence-corrected chi connectivity index (χ3v) is 5.15. The van der Waals surface area contributed by atoms with Gasteiger partial charge in [0.25, 0.3) is 5.95 Å². The molecule has 0 radical (unpaired) electrons. The standard InChI is InChI=1S/C18H16N6O4S/c1-27-13-5-4-11(8-14(13)28-2)10-19-16-12-9-15(24(25)26)29-17(12)22-18(21-16)23-7-3-6-20-23/h3-9H,10H2,1-2H3,(H,19,21,22). The summed E-state index contributed by atoms with van der Waals surface area (Å²) in [5.74, 6) is 2.06. The van der Waals surface area contributed by atoms with Gasteiger partial charge in [-0.15, -0.1) is 0 Å². The molecule has 148 valence electrons. The normalized spacial score (nSPS) is 10.8. The Balaban J connectivity index is 1.71. The lowest BCUT2D eigenvalue weighted by atomic mass is 10.2. The van der Waals surface area contributed by atoms with Gasteiger partial charge < -0.3 is 14.8 Å². The Morgan fingerprint density at radius 1 is 1.21 bits per heavy atom. The van der Waals surface area contributed by atoms with E-state index in [2.05, 4.69) is 20.4 Å². The molecule has 0 saturated carbocycles. The molecular weight excluding hydrogens is 396 g/mol. The molecule has 1 aromatic carbocycles. The minimum Gasteiger partial charge on any atom is -0.493 e. The molecule has 10 nitrogen and oxygen atoms in total. The van der Waals surface area contributed by atoms with Crippen LogP contribution >= 0.6 is 11.3 Å². The summed E-state index contributed by atoms with van der Waals surface area (Å²) >= 11 is 0.996. The first-order valence-electron chi connectivity index (χ1n) is 8.50. The van der Waals surface area contributed by atoms with E-state index in [4.69, 9.17) is 9.47 Å². The van der Waals surface area contributed by atoms with Gasteiger partial charge in [-0.2, -0.15) is 15.1 Å². The number of fused-ring (bicyclic) bond motifs is 1. The molecule has 3 aromatic heterocycles. The number of rotatable bonds is 7. The number of methoxy groups -OCH3 is 2. The molecular formula is C18H16N6O4S. The molecule has 0 aliphatic carbocycles. The fraction of sp³-hybridized carbons (Fsp3) is 0.167. The van der Waals surface area contributed by atoms with Gasteiger partial charge in [0.1, 0.15) is 10.6 Å². The van der Waals surface area contributed by atoms with Gasteiger partial charge in [0.05, 0.1) is 24.5 Å². The first-order chi connectivity index (χ1) is 14.1. The summed E-state index contributed by atoms with van der Waals surface area (Å²) in [5, 5.41) is 19.2. The summed E-state index contributed by atoms with van der Waals surface area (Å²) in [6.07, 6.45) is 3.32. The molecule has 1 N–H and O–H groups in total. The van der Waals surface area contributed by atoms with Crippen molar-refractivity contribution in [2.45, 2.75) is 6.54 Å². The lowest BCUT2D eigenvalue weighted by Crippen LogP contribution is -2.07. The smallest absolute Gasteiger partial charge is 0.326 e. The molecule has 0 atom stereocenters. The second kappa shape index (κ2) is 7.72. The molecule has 0 aliphatic heterocycles. The Hall–Kier alpha value is -3.73. The maximum atomic E-state index is 11.2. The Kier molecular flexibility index (Phi) is 4.96. The predicted octanol–water partition coefficient (Wildman–Crippen LogP) is 3.41. The number of nitrogens with one attached hydrogen (secondary N) is 1. The van der Waals surface area contributed by atoms with E-state index in [0.29, 0.717) is 40.0 Å². The van der Waals surface area contributed by atoms with Crippen molar-refractivity contribution in [3.63, 3.8) is 0 Å². The Morgan fingerprint density at radius 2 is 2.03 bits per heavy atom. The fourth-order valence-corrected chi connectivity index (χ4v) is 3.63. The molecule has 0 saturated heterocycles. The molecule has 3 heterocycles. The largest absolute Gasteiger partial charge is 0.493 e. The fourth-order valence-electron chi connectivity index (χ4n) is 2.79. The average molecular weight is 412 g/mol. The highest BCUT2D eigenvalue weighted by Crippen LogP contribution is 2.34. The van der Waals surface area contributed by atoms with Crippen molar-refractivity contribution in [2.24, 2.45) is 0 Å². The number of thiophene rings is 1. The summed E-state index contributed by atoms with van der Waals surface area (Å²) in [7, 11) is 3.15. The minimum absolute atomic E-state index is 0.00100. The van der Waals surface area contributed by atoms with Crippen molar-refractivity contribution >= 4 is 32.4 Å². The number of nitrogens with zero attached hydrogens (tertiary/aromatic N) is 5. The highest BCUT2D eigenvalue weighted by Gasteiger charge is 2.18. The minimum atomic E-state index is -0.432. The van der Waals surface area contributed by atoms with E-state index in [0.717, 1.165) is 16.9 Å². The van der Waals surface area contributed by atoms with Gasteiger partial charge in [0, 0.05) is 25.0 Å². The van der Waals surface area contributed by atoms with Crippen molar-refractivity contribution in [1.29, 1.82) is 0 Å². The van der Waals surface area contributed by atoms with E-state index < -0.39 is 4.92 Å². The third kappa shape index (κ3) is 3.67. The number of anilines is 1. The summed E-state index contributed by atoms with van der Waals surface area (Å²) in [6, 6.07) is 8.80. The number of hydrogen-bond acceptors (Lipinski definition) is 9. The number of ether oxygens (including phenoxy) is 2. The number of nitro groups is 1. The molecule has 0 fully saturated rings. The van der Waals surface area contributed by atoms with Gasteiger partial charge in [0.15, 0.2) is 11.5 Å². The molecule has 0 amide bonds. The predicted molar refractivity (Wildman–Crippen MR) is 108 cm³/mol. The van der Waals surface area contributed by atoms with Gasteiger partial charge in [0.2, 0.25) is 0 Å². The van der Waals surface area contributed by atoms with Crippen LogP contribution in [0, 0.1) is 10.1 Å². The molecule has 0 bridgehead atoms. The molecule has 4 aromatic rings. The Bertz CT molecular complexity index is 1170. The van der Waals surface area contributed by atoms with Crippen molar-refractivity contribution in [2.75, 3.05) is 19.5 Å². The number of hydrogen-bond donors (Lipinski definition) is 1. The lowest BCUT2D eigenvalue weighted by molar-refractivity contribution is -0.380. The van der Waals surface area contributed by atoms with Crippen molar-refractivity contribution in [1.82, 2.24) is 19.7 Å². The zero-order valence-corrected chi connectivity index (χ0v) is 16.3. The summed E-state index contributed by atoms with van der Waals surface area (Å²) in [4.78, 5) is 20.2. The zero-order valence-electron chi connectivity index (χ0n) is 15.5. The average Bonchev–Trinajstić information content (AvgIpc) is 3.41. The topological polar surface area (TPSA) is 117 Å². The highest BCUT2D eigenvalue weighted by atomic mass is 32.1. The maximum absolute atomic E-state index is 11.2. The second-order valence-electron chi connectivity index (χ2n) is 5.93. The van der Waals surface area contributed by atoms with Gasteiger partial charge in [-0.1, -0.05) is 6.07 Å². The van der Waals surface area contributed by atoms with Crippen LogP contribution in [0.15, 0.2) is 42.7 Å². The molecule has 0 spiro atoms. The molecule has 11 heteroatoms.